The Morgan fingerprint density at radius 3 is 2.39 bits per heavy atom. The third kappa shape index (κ3) is 3.93. The zero-order chi connectivity index (χ0) is 21.1. The van der Waals surface area contributed by atoms with Gasteiger partial charge in [0, 0.05) is 17.8 Å². The van der Waals surface area contributed by atoms with E-state index in [2.05, 4.69) is 11.6 Å². The van der Waals surface area contributed by atoms with Gasteiger partial charge in [0.2, 0.25) is 10.0 Å². The molecule has 0 unspecified atom stereocenters. The molecule has 28 heavy (non-hydrogen) atoms. The molecule has 0 aliphatic rings. The van der Waals surface area contributed by atoms with E-state index in [0.717, 1.165) is 4.31 Å². The standard InChI is InChI=1S/C20H24N2O5S/c1-6-12-22(28(25,26)16-10-8-7-9-11-16)15(4)19(23)17-13(2)18(20(24)27-5)21-14(17)3/h6-11,15,21H,1,12H2,2-5H3/t15-/m0/s1. The maximum Gasteiger partial charge on any atom is 0.354 e. The number of Topliss-reactive ketones (excluding diaryl/α,β-unsaturated/α-hetero) is 1. The quantitative estimate of drug-likeness (QED) is 0.415. The van der Waals surface area contributed by atoms with E-state index in [4.69, 9.17) is 4.74 Å². The second-order valence-corrected chi connectivity index (χ2v) is 8.22. The SMILES string of the molecule is C=CCN([C@@H](C)C(=O)c1c(C)[nH]c(C(=O)OC)c1C)S(=O)(=O)c1ccccc1. The number of methoxy groups -OCH3 is 1. The summed E-state index contributed by atoms with van der Waals surface area (Å²) in [6, 6.07) is 6.91. The Hall–Kier alpha value is -2.71. The molecule has 1 heterocycles. The monoisotopic (exact) mass is 404 g/mol. The molecular weight excluding hydrogens is 380 g/mol. The third-order valence-electron chi connectivity index (χ3n) is 4.54. The van der Waals surface area contributed by atoms with Crippen LogP contribution in [0.2, 0.25) is 0 Å². The summed E-state index contributed by atoms with van der Waals surface area (Å²) >= 11 is 0. The molecule has 0 amide bonds. The molecular formula is C20H24N2O5S. The number of nitrogens with one attached hydrogen (secondary N) is 1. The van der Waals surface area contributed by atoms with Gasteiger partial charge in [-0.25, -0.2) is 13.2 Å². The first kappa shape index (κ1) is 21.6. The van der Waals surface area contributed by atoms with Crippen LogP contribution in [0.25, 0.3) is 0 Å². The highest BCUT2D eigenvalue weighted by Gasteiger charge is 2.35. The highest BCUT2D eigenvalue weighted by Crippen LogP contribution is 2.25. The van der Waals surface area contributed by atoms with Gasteiger partial charge in [-0.3, -0.25) is 4.79 Å². The first-order valence-corrected chi connectivity index (χ1v) is 10.1. The molecule has 0 saturated carbocycles. The molecule has 2 rings (SSSR count). The van der Waals surface area contributed by atoms with Crippen LogP contribution in [0.4, 0.5) is 0 Å². The number of aryl methyl sites for hydroxylation is 1. The topological polar surface area (TPSA) is 96.5 Å². The summed E-state index contributed by atoms with van der Waals surface area (Å²) in [5.74, 6) is -1.00. The fraction of sp³-hybridized carbons (Fsp3) is 0.300. The number of hydrogen-bond donors (Lipinski definition) is 1. The van der Waals surface area contributed by atoms with Crippen molar-refractivity contribution in [1.82, 2.24) is 9.29 Å². The van der Waals surface area contributed by atoms with Crippen molar-refractivity contribution in [2.45, 2.75) is 31.7 Å². The van der Waals surface area contributed by atoms with Crippen LogP contribution in [0, 0.1) is 13.8 Å². The molecule has 0 aliphatic heterocycles. The Labute approximate surface area is 165 Å². The van der Waals surface area contributed by atoms with Gasteiger partial charge >= 0.3 is 5.97 Å². The second-order valence-electron chi connectivity index (χ2n) is 6.33. The summed E-state index contributed by atoms with van der Waals surface area (Å²) in [6.07, 6.45) is 1.43. The Morgan fingerprint density at radius 2 is 1.86 bits per heavy atom. The van der Waals surface area contributed by atoms with Crippen LogP contribution in [-0.4, -0.2) is 49.2 Å². The largest absolute Gasteiger partial charge is 0.464 e. The van der Waals surface area contributed by atoms with Gasteiger partial charge in [0.15, 0.2) is 5.78 Å². The van der Waals surface area contributed by atoms with Crippen molar-refractivity contribution in [3.63, 3.8) is 0 Å². The maximum absolute atomic E-state index is 13.2. The molecule has 0 saturated heterocycles. The van der Waals surface area contributed by atoms with Gasteiger partial charge in [-0.15, -0.1) is 6.58 Å². The smallest absolute Gasteiger partial charge is 0.354 e. The minimum absolute atomic E-state index is 0.0312. The van der Waals surface area contributed by atoms with Crippen LogP contribution in [0.15, 0.2) is 47.9 Å². The third-order valence-corrected chi connectivity index (χ3v) is 6.49. The number of nitrogens with zero attached hydrogens (tertiary/aromatic N) is 1. The number of carbonyl (C=O) groups excluding carboxylic acids is 2. The fourth-order valence-corrected chi connectivity index (χ4v) is 4.67. The van der Waals surface area contributed by atoms with E-state index < -0.39 is 27.8 Å². The predicted octanol–water partition coefficient (Wildman–Crippen LogP) is 2.87. The van der Waals surface area contributed by atoms with E-state index in [1.807, 2.05) is 0 Å². The van der Waals surface area contributed by atoms with Crippen molar-refractivity contribution in [3.8, 4) is 0 Å². The van der Waals surface area contributed by atoms with E-state index in [9.17, 15) is 18.0 Å². The first-order valence-electron chi connectivity index (χ1n) is 8.66. The Bertz CT molecular complexity index is 993. The Morgan fingerprint density at radius 1 is 1.25 bits per heavy atom. The minimum Gasteiger partial charge on any atom is -0.464 e. The summed E-state index contributed by atoms with van der Waals surface area (Å²) in [6.45, 7) is 8.38. The molecule has 0 fully saturated rings. The van der Waals surface area contributed by atoms with E-state index >= 15 is 0 Å². The van der Waals surface area contributed by atoms with Crippen LogP contribution >= 0.6 is 0 Å². The van der Waals surface area contributed by atoms with Crippen LogP contribution in [0.1, 0.15) is 39.0 Å². The Balaban J connectivity index is 2.48. The van der Waals surface area contributed by atoms with Gasteiger partial charge in [-0.05, 0) is 38.5 Å². The number of H-pyrrole nitrogens is 1. The van der Waals surface area contributed by atoms with Crippen molar-refractivity contribution < 1.29 is 22.7 Å². The summed E-state index contributed by atoms with van der Waals surface area (Å²) in [7, 11) is -2.67. The molecule has 1 aromatic carbocycles. The van der Waals surface area contributed by atoms with Crippen molar-refractivity contribution in [3.05, 3.63) is 65.5 Å². The number of hydrogen-bond acceptors (Lipinski definition) is 5. The number of sulfonamides is 1. The Kier molecular flexibility index (Phi) is 6.58. The summed E-state index contributed by atoms with van der Waals surface area (Å²) < 4.78 is 32.0. The van der Waals surface area contributed by atoms with Crippen molar-refractivity contribution in [2.75, 3.05) is 13.7 Å². The first-order chi connectivity index (χ1) is 13.2. The van der Waals surface area contributed by atoms with E-state index in [-0.39, 0.29) is 22.7 Å². The summed E-state index contributed by atoms with van der Waals surface area (Å²) in [5, 5.41) is 0. The van der Waals surface area contributed by atoms with Crippen molar-refractivity contribution in [1.29, 1.82) is 0 Å². The highest BCUT2D eigenvalue weighted by molar-refractivity contribution is 7.89. The molecule has 1 aromatic heterocycles. The molecule has 0 radical (unpaired) electrons. The van der Waals surface area contributed by atoms with Gasteiger partial charge in [0.05, 0.1) is 18.0 Å². The zero-order valence-corrected chi connectivity index (χ0v) is 17.2. The molecule has 1 N–H and O–H groups in total. The van der Waals surface area contributed by atoms with Gasteiger partial charge in [0.25, 0.3) is 0 Å². The van der Waals surface area contributed by atoms with Crippen LogP contribution in [0.3, 0.4) is 0 Å². The van der Waals surface area contributed by atoms with E-state index in [1.165, 1.54) is 32.2 Å². The van der Waals surface area contributed by atoms with E-state index in [1.54, 1.807) is 32.0 Å². The number of aromatic amines is 1. The molecule has 150 valence electrons. The average Bonchev–Trinajstić information content (AvgIpc) is 2.99. The second kappa shape index (κ2) is 8.53. The normalized spacial score (nSPS) is 12.6. The van der Waals surface area contributed by atoms with Gasteiger partial charge in [-0.2, -0.15) is 4.31 Å². The highest BCUT2D eigenvalue weighted by atomic mass is 32.2. The van der Waals surface area contributed by atoms with Gasteiger partial charge < -0.3 is 9.72 Å². The van der Waals surface area contributed by atoms with Crippen LogP contribution in [0.5, 0.6) is 0 Å². The molecule has 8 heteroatoms. The minimum atomic E-state index is -3.92. The van der Waals surface area contributed by atoms with Crippen molar-refractivity contribution in [2.24, 2.45) is 0 Å². The molecule has 2 aromatic rings. The lowest BCUT2D eigenvalue weighted by Crippen LogP contribution is -2.43. The molecule has 0 aliphatic carbocycles. The molecule has 0 spiro atoms. The lowest BCUT2D eigenvalue weighted by atomic mass is 10.0. The zero-order valence-electron chi connectivity index (χ0n) is 16.4. The van der Waals surface area contributed by atoms with Gasteiger partial charge in [0.1, 0.15) is 5.69 Å². The van der Waals surface area contributed by atoms with Gasteiger partial charge in [-0.1, -0.05) is 24.3 Å². The van der Waals surface area contributed by atoms with E-state index in [0.29, 0.717) is 11.3 Å². The number of rotatable bonds is 8. The number of aromatic nitrogens is 1. The number of ether oxygens (including phenoxy) is 1. The predicted molar refractivity (Wildman–Crippen MR) is 106 cm³/mol. The lowest BCUT2D eigenvalue weighted by molar-refractivity contribution is 0.0594. The van der Waals surface area contributed by atoms with Crippen molar-refractivity contribution >= 4 is 21.8 Å². The number of esters is 1. The summed E-state index contributed by atoms with van der Waals surface area (Å²) in [5.41, 5.74) is 1.37. The summed E-state index contributed by atoms with van der Waals surface area (Å²) in [4.78, 5) is 28.0. The van der Waals surface area contributed by atoms with Crippen LogP contribution in [-0.2, 0) is 14.8 Å². The average molecular weight is 404 g/mol. The fourth-order valence-electron chi connectivity index (χ4n) is 3.08. The number of ketones is 1. The lowest BCUT2D eigenvalue weighted by Gasteiger charge is -2.26. The number of carbonyl (C=O) groups is 2. The molecule has 7 nitrogen and oxygen atoms in total. The number of benzene rings is 1. The van der Waals surface area contributed by atoms with Crippen LogP contribution < -0.4 is 0 Å². The molecule has 0 bridgehead atoms. The maximum atomic E-state index is 13.2. The molecule has 1 atom stereocenters.